The van der Waals surface area contributed by atoms with Gasteiger partial charge in [0, 0.05) is 5.56 Å². The second-order valence-corrected chi connectivity index (χ2v) is 4.66. The van der Waals surface area contributed by atoms with Gasteiger partial charge in [-0.25, -0.2) is 0 Å². The summed E-state index contributed by atoms with van der Waals surface area (Å²) in [5.41, 5.74) is 1.83. The van der Waals surface area contributed by atoms with Crippen molar-refractivity contribution in [3.63, 3.8) is 0 Å². The predicted octanol–water partition coefficient (Wildman–Crippen LogP) is 4.23. The quantitative estimate of drug-likeness (QED) is 0.658. The first-order chi connectivity index (χ1) is 9.85. The van der Waals surface area contributed by atoms with Crippen molar-refractivity contribution in [3.05, 3.63) is 77.9 Å². The van der Waals surface area contributed by atoms with Gasteiger partial charge in [-0.15, -0.1) is 0 Å². The number of carbonyl (C=O) groups is 1. The molecule has 0 heterocycles. The molecule has 0 aliphatic rings. The molecule has 0 fully saturated rings. The monoisotopic (exact) mass is 262 g/mol. The Balaban J connectivity index is 1.81. The number of carbonyl (C=O) groups excluding carboxylic acids is 1. The zero-order valence-electron chi connectivity index (χ0n) is 11.0. The zero-order valence-corrected chi connectivity index (χ0v) is 11.0. The van der Waals surface area contributed by atoms with E-state index in [1.54, 1.807) is 0 Å². The van der Waals surface area contributed by atoms with Crippen molar-refractivity contribution >= 4 is 17.1 Å². The minimum atomic E-state index is 0.554. The van der Waals surface area contributed by atoms with Crippen molar-refractivity contribution in [1.82, 2.24) is 0 Å². The molecule has 3 aromatic rings. The lowest BCUT2D eigenvalue weighted by Crippen LogP contribution is -1.94. The molecule has 0 saturated heterocycles. The van der Waals surface area contributed by atoms with Crippen molar-refractivity contribution in [3.8, 4) is 5.75 Å². The van der Waals surface area contributed by atoms with E-state index in [0.29, 0.717) is 12.2 Å². The fraction of sp³-hybridized carbons (Fsp3) is 0.0556. The molecule has 0 saturated carbocycles. The molecule has 0 aliphatic carbocycles. The van der Waals surface area contributed by atoms with E-state index in [9.17, 15) is 4.79 Å². The van der Waals surface area contributed by atoms with Crippen LogP contribution in [0.4, 0.5) is 0 Å². The van der Waals surface area contributed by atoms with Gasteiger partial charge in [-0.1, -0.05) is 48.5 Å². The average molecular weight is 262 g/mol. The van der Waals surface area contributed by atoms with Crippen LogP contribution in [0.25, 0.3) is 10.8 Å². The summed E-state index contributed by atoms with van der Waals surface area (Å²) in [6.45, 7) is 0.554. The topological polar surface area (TPSA) is 26.3 Å². The van der Waals surface area contributed by atoms with Gasteiger partial charge in [-0.2, -0.15) is 0 Å². The Kier molecular flexibility index (Phi) is 3.46. The first-order valence-corrected chi connectivity index (χ1v) is 6.51. The molecular weight excluding hydrogens is 248 g/mol. The van der Waals surface area contributed by atoms with Crippen molar-refractivity contribution in [2.45, 2.75) is 6.61 Å². The summed E-state index contributed by atoms with van der Waals surface area (Å²) in [5, 5.41) is 2.11. The Morgan fingerprint density at radius 3 is 2.40 bits per heavy atom. The van der Waals surface area contributed by atoms with Crippen molar-refractivity contribution in [2.24, 2.45) is 0 Å². The number of benzene rings is 3. The van der Waals surface area contributed by atoms with Gasteiger partial charge >= 0.3 is 0 Å². The van der Waals surface area contributed by atoms with Gasteiger partial charge in [0.15, 0.2) is 0 Å². The lowest BCUT2D eigenvalue weighted by molar-refractivity contribution is 0.112. The number of ether oxygens (including phenoxy) is 1. The van der Waals surface area contributed by atoms with Gasteiger partial charge in [-0.3, -0.25) is 4.79 Å². The van der Waals surface area contributed by atoms with Crippen LogP contribution in [0.15, 0.2) is 66.7 Å². The van der Waals surface area contributed by atoms with Crippen molar-refractivity contribution < 1.29 is 9.53 Å². The SMILES string of the molecule is O=Cc1ccc2cc(OCc3ccccc3)ccc2c1. The molecule has 3 aromatic carbocycles. The van der Waals surface area contributed by atoms with Crippen LogP contribution >= 0.6 is 0 Å². The average Bonchev–Trinajstić information content (AvgIpc) is 2.53. The van der Waals surface area contributed by atoms with E-state index in [1.807, 2.05) is 66.7 Å². The maximum absolute atomic E-state index is 10.8. The molecule has 98 valence electrons. The highest BCUT2D eigenvalue weighted by Crippen LogP contribution is 2.22. The summed E-state index contributed by atoms with van der Waals surface area (Å²) in [6.07, 6.45) is 0.860. The Morgan fingerprint density at radius 1 is 0.850 bits per heavy atom. The van der Waals surface area contributed by atoms with Crippen molar-refractivity contribution in [2.75, 3.05) is 0 Å². The Bertz CT molecular complexity index is 733. The van der Waals surface area contributed by atoms with Gasteiger partial charge in [0.05, 0.1) is 0 Å². The van der Waals surface area contributed by atoms with Crippen molar-refractivity contribution in [1.29, 1.82) is 0 Å². The van der Waals surface area contributed by atoms with Crippen LogP contribution in [-0.2, 0) is 6.61 Å². The lowest BCUT2D eigenvalue weighted by Gasteiger charge is -2.07. The van der Waals surface area contributed by atoms with Crippen LogP contribution in [0.3, 0.4) is 0 Å². The molecule has 20 heavy (non-hydrogen) atoms. The number of rotatable bonds is 4. The minimum absolute atomic E-state index is 0.554. The van der Waals surface area contributed by atoms with E-state index in [2.05, 4.69) is 0 Å². The Hall–Kier alpha value is -2.61. The smallest absolute Gasteiger partial charge is 0.150 e. The molecule has 0 bridgehead atoms. The summed E-state index contributed by atoms with van der Waals surface area (Å²) in [5.74, 6) is 0.834. The highest BCUT2D eigenvalue weighted by molar-refractivity contribution is 5.89. The largest absolute Gasteiger partial charge is 0.489 e. The third kappa shape index (κ3) is 2.69. The third-order valence-corrected chi connectivity index (χ3v) is 3.22. The summed E-state index contributed by atoms with van der Waals surface area (Å²) in [4.78, 5) is 10.8. The van der Waals surface area contributed by atoms with Crippen LogP contribution in [0.2, 0.25) is 0 Å². The number of hydrogen-bond donors (Lipinski definition) is 0. The fourth-order valence-corrected chi connectivity index (χ4v) is 2.15. The predicted molar refractivity (Wildman–Crippen MR) is 80.1 cm³/mol. The molecule has 0 unspecified atom stereocenters. The summed E-state index contributed by atoms with van der Waals surface area (Å²) < 4.78 is 5.79. The first kappa shape index (κ1) is 12.4. The number of aldehydes is 1. The summed E-state index contributed by atoms with van der Waals surface area (Å²) in [6, 6.07) is 21.6. The summed E-state index contributed by atoms with van der Waals surface area (Å²) >= 11 is 0. The molecule has 0 amide bonds. The van der Waals surface area contributed by atoms with Crippen LogP contribution in [0.1, 0.15) is 15.9 Å². The molecule has 2 heteroatoms. The fourth-order valence-electron chi connectivity index (χ4n) is 2.15. The van der Waals surface area contributed by atoms with Gasteiger partial charge in [0.25, 0.3) is 0 Å². The number of fused-ring (bicyclic) bond motifs is 1. The molecule has 0 atom stereocenters. The van der Waals surface area contributed by atoms with Gasteiger partial charge in [0.2, 0.25) is 0 Å². The van der Waals surface area contributed by atoms with Crippen LogP contribution in [0.5, 0.6) is 5.75 Å². The second-order valence-electron chi connectivity index (χ2n) is 4.66. The molecule has 0 aromatic heterocycles. The zero-order chi connectivity index (χ0) is 13.8. The third-order valence-electron chi connectivity index (χ3n) is 3.22. The minimum Gasteiger partial charge on any atom is -0.489 e. The highest BCUT2D eigenvalue weighted by atomic mass is 16.5. The van der Waals surface area contributed by atoms with Gasteiger partial charge < -0.3 is 4.74 Å². The Morgan fingerprint density at radius 2 is 1.60 bits per heavy atom. The Labute approximate surface area is 117 Å². The number of hydrogen-bond acceptors (Lipinski definition) is 2. The van der Waals surface area contributed by atoms with Gasteiger partial charge in [-0.05, 0) is 34.5 Å². The first-order valence-electron chi connectivity index (χ1n) is 6.51. The van der Waals surface area contributed by atoms with E-state index in [4.69, 9.17) is 4.74 Å². The van der Waals surface area contributed by atoms with E-state index < -0.39 is 0 Å². The lowest BCUT2D eigenvalue weighted by atomic mass is 10.1. The molecule has 0 N–H and O–H groups in total. The van der Waals surface area contributed by atoms with E-state index in [-0.39, 0.29) is 0 Å². The normalized spacial score (nSPS) is 10.4. The molecule has 3 rings (SSSR count). The van der Waals surface area contributed by atoms with Crippen LogP contribution < -0.4 is 4.74 Å². The maximum Gasteiger partial charge on any atom is 0.150 e. The molecule has 2 nitrogen and oxygen atoms in total. The maximum atomic E-state index is 10.8. The molecule has 0 radical (unpaired) electrons. The highest BCUT2D eigenvalue weighted by Gasteiger charge is 2.00. The summed E-state index contributed by atoms with van der Waals surface area (Å²) in [7, 11) is 0. The molecule has 0 aliphatic heterocycles. The molecular formula is C18H14O2. The van der Waals surface area contributed by atoms with E-state index in [0.717, 1.165) is 28.4 Å². The van der Waals surface area contributed by atoms with Crippen LogP contribution in [-0.4, -0.2) is 6.29 Å². The van der Waals surface area contributed by atoms with Gasteiger partial charge in [0.1, 0.15) is 18.6 Å². The molecule has 0 spiro atoms. The van der Waals surface area contributed by atoms with E-state index >= 15 is 0 Å². The van der Waals surface area contributed by atoms with E-state index in [1.165, 1.54) is 0 Å². The van der Waals surface area contributed by atoms with Crippen LogP contribution in [0, 0.1) is 0 Å². The second kappa shape index (κ2) is 5.57. The standard InChI is InChI=1S/C18H14O2/c19-12-15-6-7-17-11-18(9-8-16(17)10-15)20-13-14-4-2-1-3-5-14/h1-12H,13H2.